The van der Waals surface area contributed by atoms with Gasteiger partial charge in [0.05, 0.1) is 9.83 Å². The van der Waals surface area contributed by atoms with E-state index in [4.69, 9.17) is 23.2 Å². The molecule has 7 heteroatoms. The number of Topliss-reactive ketones (excluding diaryl/α,β-unsaturated/α-hetero) is 1. The molecular formula is C22H15Cl2NO3S. The lowest BCUT2D eigenvalue weighted by Gasteiger charge is -2.08. The van der Waals surface area contributed by atoms with Gasteiger partial charge in [-0.05, 0) is 65.7 Å². The van der Waals surface area contributed by atoms with Crippen LogP contribution in [0.2, 0.25) is 10.0 Å². The molecule has 0 N–H and O–H groups in total. The summed E-state index contributed by atoms with van der Waals surface area (Å²) in [4.78, 5) is 24.0. The summed E-state index contributed by atoms with van der Waals surface area (Å²) in [5.74, 6) is 0.439. The van der Waals surface area contributed by atoms with E-state index in [1.807, 2.05) is 12.1 Å². The predicted molar refractivity (Wildman–Crippen MR) is 120 cm³/mol. The number of nitro benzene ring substituents is 1. The maximum Gasteiger partial charge on any atom is 0.269 e. The number of rotatable bonds is 7. The first-order valence-corrected chi connectivity index (χ1v) is 10.3. The van der Waals surface area contributed by atoms with Crippen LogP contribution in [0.5, 0.6) is 0 Å². The average Bonchev–Trinajstić information content (AvgIpc) is 2.72. The molecule has 0 spiro atoms. The van der Waals surface area contributed by atoms with Crippen LogP contribution in [0.25, 0.3) is 6.08 Å². The molecule has 0 atom stereocenters. The molecule has 0 radical (unpaired) electrons. The van der Waals surface area contributed by atoms with Gasteiger partial charge >= 0.3 is 0 Å². The monoisotopic (exact) mass is 443 g/mol. The molecule has 3 aromatic rings. The smallest absolute Gasteiger partial charge is 0.269 e. The predicted octanol–water partition coefficient (Wildman–Crippen LogP) is 7.06. The van der Waals surface area contributed by atoms with E-state index in [0.29, 0.717) is 31.8 Å². The number of carbonyl (C=O) groups is 1. The largest absolute Gasteiger partial charge is 0.288 e. The van der Waals surface area contributed by atoms with Crippen molar-refractivity contribution in [2.24, 2.45) is 0 Å². The van der Waals surface area contributed by atoms with Crippen molar-refractivity contribution in [3.63, 3.8) is 0 Å². The topological polar surface area (TPSA) is 60.2 Å². The Kier molecular flexibility index (Phi) is 7.09. The molecule has 0 saturated heterocycles. The van der Waals surface area contributed by atoms with E-state index in [1.165, 1.54) is 23.9 Å². The first-order valence-electron chi connectivity index (χ1n) is 8.56. The molecule has 3 rings (SSSR count). The molecule has 0 aliphatic rings. The van der Waals surface area contributed by atoms with Crippen LogP contribution in [-0.4, -0.2) is 10.7 Å². The van der Waals surface area contributed by atoms with Crippen molar-refractivity contribution < 1.29 is 9.72 Å². The molecule has 0 heterocycles. The number of thioether (sulfide) groups is 1. The Balaban J connectivity index is 1.88. The Morgan fingerprint density at radius 3 is 2.00 bits per heavy atom. The van der Waals surface area contributed by atoms with Gasteiger partial charge in [-0.15, -0.1) is 11.8 Å². The van der Waals surface area contributed by atoms with Crippen molar-refractivity contribution in [2.75, 3.05) is 0 Å². The number of allylic oxidation sites excluding steroid dienone is 1. The second-order valence-electron chi connectivity index (χ2n) is 6.11. The highest BCUT2D eigenvalue weighted by Gasteiger charge is 2.14. The van der Waals surface area contributed by atoms with Gasteiger partial charge in [0.1, 0.15) is 0 Å². The Hall–Kier alpha value is -2.60. The summed E-state index contributed by atoms with van der Waals surface area (Å²) in [5.41, 5.74) is 2.25. The van der Waals surface area contributed by atoms with E-state index in [-0.39, 0.29) is 11.5 Å². The Morgan fingerprint density at radius 1 is 0.897 bits per heavy atom. The van der Waals surface area contributed by atoms with Gasteiger partial charge in [-0.25, -0.2) is 0 Å². The lowest BCUT2D eigenvalue weighted by Crippen LogP contribution is -2.01. The van der Waals surface area contributed by atoms with Gasteiger partial charge in [0, 0.05) is 33.5 Å². The van der Waals surface area contributed by atoms with E-state index >= 15 is 0 Å². The zero-order valence-electron chi connectivity index (χ0n) is 15.0. The minimum Gasteiger partial charge on any atom is -0.288 e. The first kappa shape index (κ1) is 21.1. The van der Waals surface area contributed by atoms with Crippen LogP contribution in [0.3, 0.4) is 0 Å². The minimum absolute atomic E-state index is 0.00143. The number of non-ortho nitro benzene ring substituents is 1. The number of carbonyl (C=O) groups excluding carboxylic acids is 1. The summed E-state index contributed by atoms with van der Waals surface area (Å²) in [6, 6.07) is 20.2. The summed E-state index contributed by atoms with van der Waals surface area (Å²) in [6.45, 7) is 0. The lowest BCUT2D eigenvalue weighted by atomic mass is 10.1. The summed E-state index contributed by atoms with van der Waals surface area (Å²) in [6.07, 6.45) is 1.74. The molecular weight excluding hydrogens is 429 g/mol. The number of halogens is 2. The van der Waals surface area contributed by atoms with E-state index in [2.05, 4.69) is 0 Å². The van der Waals surface area contributed by atoms with Crippen LogP contribution < -0.4 is 0 Å². The van der Waals surface area contributed by atoms with E-state index in [1.54, 1.807) is 54.6 Å². The maximum atomic E-state index is 13.0. The highest BCUT2D eigenvalue weighted by Crippen LogP contribution is 2.28. The average molecular weight is 444 g/mol. The maximum absolute atomic E-state index is 13.0. The SMILES string of the molecule is O=C(C(=Cc1ccc([N+](=O)[O-])cc1)SCc1ccc(Cl)cc1)c1ccc(Cl)cc1. The third kappa shape index (κ3) is 5.94. The van der Waals surface area contributed by atoms with Crippen LogP contribution in [0, 0.1) is 10.1 Å². The standard InChI is InChI=1S/C22H15Cl2NO3S/c23-18-7-1-16(2-8-18)14-29-21(22(26)17-5-9-19(24)10-6-17)13-15-3-11-20(12-4-15)25(27)28/h1-13H,14H2. The minimum atomic E-state index is -0.456. The Bertz CT molecular complexity index is 1050. The molecule has 0 aliphatic heterocycles. The number of ketones is 1. The third-order valence-corrected chi connectivity index (χ3v) is 5.64. The van der Waals surface area contributed by atoms with Gasteiger partial charge in [-0.1, -0.05) is 35.3 Å². The highest BCUT2D eigenvalue weighted by atomic mass is 35.5. The molecule has 146 valence electrons. The molecule has 3 aromatic carbocycles. The molecule has 0 amide bonds. The van der Waals surface area contributed by atoms with Crippen molar-refractivity contribution >= 4 is 52.5 Å². The van der Waals surface area contributed by atoms with Gasteiger partial charge in [-0.3, -0.25) is 14.9 Å². The second-order valence-corrected chi connectivity index (χ2v) is 8.00. The van der Waals surface area contributed by atoms with Crippen LogP contribution in [-0.2, 0) is 5.75 Å². The second kappa shape index (κ2) is 9.74. The summed E-state index contributed by atoms with van der Waals surface area (Å²) >= 11 is 13.2. The van der Waals surface area contributed by atoms with E-state index < -0.39 is 4.92 Å². The summed E-state index contributed by atoms with van der Waals surface area (Å²) in [5, 5.41) is 12.1. The quantitative estimate of drug-likeness (QED) is 0.169. The van der Waals surface area contributed by atoms with E-state index in [0.717, 1.165) is 5.56 Å². The zero-order chi connectivity index (χ0) is 20.8. The Morgan fingerprint density at radius 2 is 1.45 bits per heavy atom. The number of benzene rings is 3. The van der Waals surface area contributed by atoms with Crippen LogP contribution >= 0.6 is 35.0 Å². The molecule has 0 aliphatic carbocycles. The molecule has 0 fully saturated rings. The van der Waals surface area contributed by atoms with Crippen LogP contribution in [0.1, 0.15) is 21.5 Å². The molecule has 0 unspecified atom stereocenters. The summed E-state index contributed by atoms with van der Waals surface area (Å²) < 4.78 is 0. The number of nitrogens with zero attached hydrogens (tertiary/aromatic N) is 1. The zero-order valence-corrected chi connectivity index (χ0v) is 17.4. The van der Waals surface area contributed by atoms with E-state index in [9.17, 15) is 14.9 Å². The fourth-order valence-electron chi connectivity index (χ4n) is 2.50. The van der Waals surface area contributed by atoms with Crippen molar-refractivity contribution in [2.45, 2.75) is 5.75 Å². The van der Waals surface area contributed by atoms with Crippen molar-refractivity contribution in [1.82, 2.24) is 0 Å². The Labute approximate surface area is 182 Å². The third-order valence-electron chi connectivity index (χ3n) is 4.04. The highest BCUT2D eigenvalue weighted by molar-refractivity contribution is 8.03. The molecule has 29 heavy (non-hydrogen) atoms. The molecule has 0 bridgehead atoms. The normalized spacial score (nSPS) is 11.3. The number of nitro groups is 1. The van der Waals surface area contributed by atoms with Gasteiger partial charge in [0.25, 0.3) is 5.69 Å². The van der Waals surface area contributed by atoms with Crippen molar-refractivity contribution in [3.8, 4) is 0 Å². The number of hydrogen-bond acceptors (Lipinski definition) is 4. The summed E-state index contributed by atoms with van der Waals surface area (Å²) in [7, 11) is 0. The molecule has 4 nitrogen and oxygen atoms in total. The van der Waals surface area contributed by atoms with Crippen LogP contribution in [0.4, 0.5) is 5.69 Å². The molecule has 0 aromatic heterocycles. The van der Waals surface area contributed by atoms with Gasteiger partial charge in [0.15, 0.2) is 5.78 Å². The van der Waals surface area contributed by atoms with Gasteiger partial charge in [-0.2, -0.15) is 0 Å². The van der Waals surface area contributed by atoms with Gasteiger partial charge < -0.3 is 0 Å². The molecule has 0 saturated carbocycles. The van der Waals surface area contributed by atoms with Crippen molar-refractivity contribution in [1.29, 1.82) is 0 Å². The van der Waals surface area contributed by atoms with Crippen LogP contribution in [0.15, 0.2) is 77.7 Å². The fourth-order valence-corrected chi connectivity index (χ4v) is 3.74. The van der Waals surface area contributed by atoms with Crippen molar-refractivity contribution in [3.05, 3.63) is 115 Å². The fraction of sp³-hybridized carbons (Fsp3) is 0.0455. The number of hydrogen-bond donors (Lipinski definition) is 0. The first-order chi connectivity index (χ1) is 13.9. The van der Waals surface area contributed by atoms with Gasteiger partial charge in [0.2, 0.25) is 0 Å². The lowest BCUT2D eigenvalue weighted by molar-refractivity contribution is -0.384.